The van der Waals surface area contributed by atoms with Crippen LogP contribution in [0.25, 0.3) is 0 Å². The lowest BCUT2D eigenvalue weighted by atomic mass is 10.2. The molecule has 0 atom stereocenters. The molecule has 1 N–H and O–H groups in total. The highest BCUT2D eigenvalue weighted by Crippen LogP contribution is 2.16. The fourth-order valence-corrected chi connectivity index (χ4v) is 1.31. The Morgan fingerprint density at radius 3 is 2.55 bits per heavy atom. The summed E-state index contributed by atoms with van der Waals surface area (Å²) in [6.07, 6.45) is 0.864. The van der Waals surface area contributed by atoms with E-state index in [-0.39, 0.29) is 16.9 Å². The lowest BCUT2D eigenvalue weighted by Gasteiger charge is -2.09. The van der Waals surface area contributed by atoms with E-state index in [4.69, 9.17) is 5.26 Å². The van der Waals surface area contributed by atoms with Gasteiger partial charge in [-0.25, -0.2) is 14.0 Å². The van der Waals surface area contributed by atoms with Gasteiger partial charge in [0.2, 0.25) is 0 Å². The Morgan fingerprint density at radius 2 is 2.00 bits per heavy atom. The number of nitrogens with zero attached hydrogens (tertiary/aromatic N) is 1. The van der Waals surface area contributed by atoms with Gasteiger partial charge in [-0.3, -0.25) is 0 Å². The Hall–Kier alpha value is -2.88. The first kappa shape index (κ1) is 15.2. The summed E-state index contributed by atoms with van der Waals surface area (Å²) < 4.78 is 22.1. The molecule has 0 aliphatic heterocycles. The Bertz CT molecular complexity index is 605. The number of ether oxygens (including phenoxy) is 2. The summed E-state index contributed by atoms with van der Waals surface area (Å²) in [6, 6.07) is 5.19. The number of rotatable bonds is 4. The highest BCUT2D eigenvalue weighted by atomic mass is 19.1. The molecule has 0 aliphatic rings. The zero-order valence-electron chi connectivity index (χ0n) is 10.8. The zero-order chi connectivity index (χ0) is 15.1. The van der Waals surface area contributed by atoms with Gasteiger partial charge in [-0.2, -0.15) is 5.26 Å². The van der Waals surface area contributed by atoms with Crippen LogP contribution < -0.4 is 5.32 Å². The van der Waals surface area contributed by atoms with Crippen LogP contribution in [0.3, 0.4) is 0 Å². The largest absolute Gasteiger partial charge is 0.466 e. The number of halogens is 1. The van der Waals surface area contributed by atoms with E-state index in [0.717, 1.165) is 32.4 Å². The van der Waals surface area contributed by atoms with Crippen molar-refractivity contribution in [2.75, 3.05) is 19.5 Å². The van der Waals surface area contributed by atoms with Gasteiger partial charge < -0.3 is 14.8 Å². The summed E-state index contributed by atoms with van der Waals surface area (Å²) in [6.45, 7) is 0. The number of anilines is 1. The summed E-state index contributed by atoms with van der Waals surface area (Å²) in [7, 11) is 2.27. The molecule has 0 fully saturated rings. The maximum atomic E-state index is 13.3. The maximum Gasteiger partial charge on any atom is 0.354 e. The van der Waals surface area contributed by atoms with Gasteiger partial charge >= 0.3 is 11.9 Å². The number of hydrogen-bond donors (Lipinski definition) is 1. The van der Waals surface area contributed by atoms with Crippen LogP contribution in [0.4, 0.5) is 10.1 Å². The summed E-state index contributed by atoms with van der Waals surface area (Å²) in [4.78, 5) is 22.6. The number of carbonyl (C=O) groups is 2. The molecule has 0 aromatic heterocycles. The Balaban J connectivity index is 3.10. The average Bonchev–Trinajstić information content (AvgIpc) is 2.44. The van der Waals surface area contributed by atoms with Crippen LogP contribution in [0.2, 0.25) is 0 Å². The molecule has 20 heavy (non-hydrogen) atoms. The van der Waals surface area contributed by atoms with Crippen molar-refractivity contribution in [1.29, 1.82) is 5.26 Å². The van der Waals surface area contributed by atoms with Crippen molar-refractivity contribution < 1.29 is 23.5 Å². The number of hydrogen-bond acceptors (Lipinski definition) is 6. The first-order valence-electron chi connectivity index (χ1n) is 5.35. The van der Waals surface area contributed by atoms with Crippen molar-refractivity contribution in [2.24, 2.45) is 0 Å². The van der Waals surface area contributed by atoms with Crippen LogP contribution >= 0.6 is 0 Å². The number of benzene rings is 1. The van der Waals surface area contributed by atoms with Gasteiger partial charge in [-0.1, -0.05) is 0 Å². The van der Waals surface area contributed by atoms with Gasteiger partial charge in [0.25, 0.3) is 0 Å². The molecule has 0 amide bonds. The van der Waals surface area contributed by atoms with E-state index in [1.165, 1.54) is 6.07 Å². The second kappa shape index (κ2) is 6.89. The van der Waals surface area contributed by atoms with Gasteiger partial charge in [0, 0.05) is 5.69 Å². The second-order valence-corrected chi connectivity index (χ2v) is 3.54. The molecular weight excluding hydrogens is 267 g/mol. The Morgan fingerprint density at radius 1 is 1.30 bits per heavy atom. The van der Waals surface area contributed by atoms with Crippen LogP contribution in [0.15, 0.2) is 30.0 Å². The van der Waals surface area contributed by atoms with E-state index < -0.39 is 17.8 Å². The smallest absolute Gasteiger partial charge is 0.354 e. The second-order valence-electron chi connectivity index (χ2n) is 3.54. The minimum Gasteiger partial charge on any atom is -0.466 e. The molecule has 0 bridgehead atoms. The van der Waals surface area contributed by atoms with Gasteiger partial charge in [-0.05, 0) is 18.2 Å². The number of methoxy groups -OCH3 is 2. The molecule has 0 unspecified atom stereocenters. The maximum absolute atomic E-state index is 13.3. The molecule has 0 radical (unpaired) electrons. The van der Waals surface area contributed by atoms with Gasteiger partial charge in [-0.15, -0.1) is 0 Å². The first-order chi connectivity index (χ1) is 9.49. The summed E-state index contributed by atoms with van der Waals surface area (Å²) in [5.41, 5.74) is -0.0503. The van der Waals surface area contributed by atoms with Gasteiger partial charge in [0.05, 0.1) is 31.9 Å². The van der Waals surface area contributed by atoms with Crippen molar-refractivity contribution in [3.8, 4) is 6.07 Å². The van der Waals surface area contributed by atoms with Crippen LogP contribution in [0.5, 0.6) is 0 Å². The lowest BCUT2D eigenvalue weighted by molar-refractivity contribution is -0.138. The van der Waals surface area contributed by atoms with Gasteiger partial charge in [0.15, 0.2) is 0 Å². The third-order valence-corrected chi connectivity index (χ3v) is 2.17. The Kier molecular flexibility index (Phi) is 5.23. The predicted molar refractivity (Wildman–Crippen MR) is 66.9 cm³/mol. The van der Waals surface area contributed by atoms with Crippen LogP contribution in [-0.2, 0) is 19.1 Å². The molecule has 6 nitrogen and oxygen atoms in total. The number of nitriles is 1. The van der Waals surface area contributed by atoms with Crippen LogP contribution in [0.1, 0.15) is 5.56 Å². The van der Waals surface area contributed by atoms with E-state index >= 15 is 0 Å². The van der Waals surface area contributed by atoms with Crippen molar-refractivity contribution >= 4 is 17.6 Å². The molecule has 1 rings (SSSR count). The molecular formula is C13H11FN2O4. The van der Waals surface area contributed by atoms with E-state index in [2.05, 4.69) is 14.8 Å². The molecule has 0 saturated carbocycles. The molecule has 0 saturated heterocycles. The average molecular weight is 278 g/mol. The summed E-state index contributed by atoms with van der Waals surface area (Å²) >= 11 is 0. The van der Waals surface area contributed by atoms with Crippen molar-refractivity contribution in [3.05, 3.63) is 41.4 Å². The van der Waals surface area contributed by atoms with Crippen LogP contribution in [0, 0.1) is 17.1 Å². The van der Waals surface area contributed by atoms with Crippen molar-refractivity contribution in [2.45, 2.75) is 0 Å². The summed E-state index contributed by atoms with van der Waals surface area (Å²) in [5.74, 6) is -2.28. The Labute approximate surface area is 114 Å². The molecule has 1 aromatic carbocycles. The third-order valence-electron chi connectivity index (χ3n) is 2.17. The highest BCUT2D eigenvalue weighted by Gasteiger charge is 2.13. The molecule has 0 spiro atoms. The quantitative estimate of drug-likeness (QED) is 0.660. The molecule has 1 aromatic rings. The minimum absolute atomic E-state index is 0.0646. The van der Waals surface area contributed by atoms with Crippen molar-refractivity contribution in [1.82, 2.24) is 0 Å². The van der Waals surface area contributed by atoms with Gasteiger partial charge in [0.1, 0.15) is 11.5 Å². The molecule has 104 valence electrons. The molecule has 0 heterocycles. The number of nitrogens with one attached hydrogen (secondary N) is 1. The highest BCUT2D eigenvalue weighted by molar-refractivity contribution is 5.98. The number of carbonyl (C=O) groups excluding carboxylic acids is 2. The first-order valence-corrected chi connectivity index (χ1v) is 5.35. The molecule has 7 heteroatoms. The zero-order valence-corrected chi connectivity index (χ0v) is 10.8. The number of esters is 2. The third kappa shape index (κ3) is 4.10. The van der Waals surface area contributed by atoms with E-state index in [1.54, 1.807) is 6.07 Å². The standard InChI is InChI=1S/C13H11FN2O4/c1-19-12(17)6-11(13(18)20-2)16-10-4-8(7-15)3-9(14)5-10/h3-6,16H,1-2H3/b11-6+. The summed E-state index contributed by atoms with van der Waals surface area (Å²) in [5, 5.41) is 11.2. The monoisotopic (exact) mass is 278 g/mol. The fraction of sp³-hybridized carbons (Fsp3) is 0.154. The normalized spacial score (nSPS) is 10.4. The fourth-order valence-electron chi connectivity index (χ4n) is 1.31. The topological polar surface area (TPSA) is 88.4 Å². The van der Waals surface area contributed by atoms with E-state index in [9.17, 15) is 14.0 Å². The van der Waals surface area contributed by atoms with E-state index in [1.807, 2.05) is 0 Å². The van der Waals surface area contributed by atoms with Crippen LogP contribution in [-0.4, -0.2) is 26.2 Å². The minimum atomic E-state index is -0.835. The van der Waals surface area contributed by atoms with E-state index in [0.29, 0.717) is 0 Å². The lowest BCUT2D eigenvalue weighted by Crippen LogP contribution is -2.15. The predicted octanol–water partition coefficient (Wildman–Crippen LogP) is 1.34. The molecule has 0 aliphatic carbocycles. The van der Waals surface area contributed by atoms with Crippen molar-refractivity contribution in [3.63, 3.8) is 0 Å². The SMILES string of the molecule is COC(=O)/C=C(/Nc1cc(F)cc(C#N)c1)C(=O)OC.